The average molecular weight is 395 g/mol. The van der Waals surface area contributed by atoms with Crippen LogP contribution in [0.2, 0.25) is 10.2 Å². The predicted molar refractivity (Wildman–Crippen MR) is 101 cm³/mol. The monoisotopic (exact) mass is 394 g/mol. The highest BCUT2D eigenvalue weighted by Crippen LogP contribution is 2.29. The third kappa shape index (κ3) is 4.87. The smallest absolute Gasteiger partial charge is 0.253 e. The van der Waals surface area contributed by atoms with E-state index in [0.29, 0.717) is 40.1 Å². The van der Waals surface area contributed by atoms with Gasteiger partial charge in [-0.05, 0) is 37.1 Å². The normalized spacial score (nSPS) is 16.1. The van der Waals surface area contributed by atoms with Crippen molar-refractivity contribution in [2.24, 2.45) is 0 Å². The number of halogens is 2. The molecule has 1 saturated carbocycles. The number of benzene rings is 1. The van der Waals surface area contributed by atoms with E-state index in [0.717, 1.165) is 19.3 Å². The first-order valence-corrected chi connectivity index (χ1v) is 9.30. The summed E-state index contributed by atoms with van der Waals surface area (Å²) in [6.07, 6.45) is 6.02. The Morgan fingerprint density at radius 3 is 2.62 bits per heavy atom. The molecule has 2 aromatic rings. The molecule has 0 unspecified atom stereocenters. The van der Waals surface area contributed by atoms with Crippen LogP contribution in [0.25, 0.3) is 0 Å². The van der Waals surface area contributed by atoms with Crippen molar-refractivity contribution in [3.05, 3.63) is 52.3 Å². The van der Waals surface area contributed by atoms with Gasteiger partial charge in [-0.15, -0.1) is 0 Å². The lowest BCUT2D eigenvalue weighted by molar-refractivity contribution is 0.00526. The lowest BCUT2D eigenvalue weighted by Crippen LogP contribution is -2.44. The van der Waals surface area contributed by atoms with Crippen molar-refractivity contribution in [1.82, 2.24) is 10.3 Å². The summed E-state index contributed by atoms with van der Waals surface area (Å²) in [4.78, 5) is 16.4. The Morgan fingerprint density at radius 1 is 1.15 bits per heavy atom. The van der Waals surface area contributed by atoms with Crippen molar-refractivity contribution in [2.75, 3.05) is 6.54 Å². The summed E-state index contributed by atoms with van der Waals surface area (Å²) < 4.78 is 5.71. The maximum absolute atomic E-state index is 12.5. The van der Waals surface area contributed by atoms with Crippen molar-refractivity contribution in [2.45, 2.75) is 37.7 Å². The van der Waals surface area contributed by atoms with E-state index < -0.39 is 5.60 Å². The van der Waals surface area contributed by atoms with Gasteiger partial charge in [-0.2, -0.15) is 0 Å². The number of aromatic nitrogens is 1. The number of aliphatic hydroxyl groups is 1. The second-order valence-corrected chi connectivity index (χ2v) is 7.32. The number of carbonyl (C=O) groups is 1. The molecule has 0 aliphatic heterocycles. The zero-order chi connectivity index (χ0) is 18.6. The van der Waals surface area contributed by atoms with Crippen LogP contribution < -0.4 is 10.1 Å². The number of hydrogen-bond acceptors (Lipinski definition) is 4. The fourth-order valence-electron chi connectivity index (χ4n) is 3.05. The minimum absolute atomic E-state index is 0.215. The van der Waals surface area contributed by atoms with Crippen LogP contribution in [-0.4, -0.2) is 28.1 Å². The molecular weight excluding hydrogens is 375 g/mol. The minimum atomic E-state index is -0.831. The van der Waals surface area contributed by atoms with E-state index >= 15 is 0 Å². The molecule has 5 nitrogen and oxygen atoms in total. The van der Waals surface area contributed by atoms with E-state index in [1.165, 1.54) is 6.20 Å². The molecule has 1 heterocycles. The van der Waals surface area contributed by atoms with Gasteiger partial charge in [0.2, 0.25) is 0 Å². The van der Waals surface area contributed by atoms with Crippen molar-refractivity contribution < 1.29 is 14.6 Å². The SMILES string of the molecule is O=C(NCC1(O)CCCCC1)c1cc(Oc2ccnc(Cl)c2)ccc1Cl. The molecule has 1 aromatic carbocycles. The molecule has 138 valence electrons. The number of hydrogen-bond donors (Lipinski definition) is 2. The van der Waals surface area contributed by atoms with Gasteiger partial charge in [-0.1, -0.05) is 42.5 Å². The summed E-state index contributed by atoms with van der Waals surface area (Å²) in [6, 6.07) is 8.08. The molecule has 0 radical (unpaired) electrons. The van der Waals surface area contributed by atoms with Crippen LogP contribution in [0.5, 0.6) is 11.5 Å². The Hall–Kier alpha value is -1.82. The molecule has 0 spiro atoms. The highest BCUT2D eigenvalue weighted by Gasteiger charge is 2.29. The topological polar surface area (TPSA) is 71.5 Å². The van der Waals surface area contributed by atoms with Crippen molar-refractivity contribution in [1.29, 1.82) is 0 Å². The molecule has 1 aliphatic carbocycles. The Bertz CT molecular complexity index is 792. The largest absolute Gasteiger partial charge is 0.457 e. The fraction of sp³-hybridized carbons (Fsp3) is 0.368. The second-order valence-electron chi connectivity index (χ2n) is 6.53. The molecule has 0 bridgehead atoms. The van der Waals surface area contributed by atoms with Crippen LogP contribution in [-0.2, 0) is 0 Å². The Morgan fingerprint density at radius 2 is 1.88 bits per heavy atom. The number of amides is 1. The Balaban J connectivity index is 1.69. The third-order valence-corrected chi connectivity index (χ3v) is 5.01. The number of carbonyl (C=O) groups excluding carboxylic acids is 1. The van der Waals surface area contributed by atoms with Crippen LogP contribution in [0, 0.1) is 0 Å². The van der Waals surface area contributed by atoms with Gasteiger partial charge in [0.25, 0.3) is 5.91 Å². The summed E-state index contributed by atoms with van der Waals surface area (Å²) in [5.74, 6) is 0.626. The minimum Gasteiger partial charge on any atom is -0.457 e. The summed E-state index contributed by atoms with van der Waals surface area (Å²) >= 11 is 12.0. The first kappa shape index (κ1) is 19.0. The molecular formula is C19H20Cl2N2O3. The molecule has 26 heavy (non-hydrogen) atoms. The predicted octanol–water partition coefficient (Wildman–Crippen LogP) is 4.61. The van der Waals surface area contributed by atoms with Crippen LogP contribution in [0.1, 0.15) is 42.5 Å². The molecule has 1 aromatic heterocycles. The van der Waals surface area contributed by atoms with Gasteiger partial charge >= 0.3 is 0 Å². The zero-order valence-corrected chi connectivity index (χ0v) is 15.7. The van der Waals surface area contributed by atoms with E-state index in [2.05, 4.69) is 10.3 Å². The maximum atomic E-state index is 12.5. The molecule has 7 heteroatoms. The molecule has 1 fully saturated rings. The van der Waals surface area contributed by atoms with Crippen molar-refractivity contribution in [3.63, 3.8) is 0 Å². The van der Waals surface area contributed by atoms with Gasteiger partial charge in [0, 0.05) is 18.8 Å². The summed E-state index contributed by atoms with van der Waals surface area (Å²) in [6.45, 7) is 0.215. The van der Waals surface area contributed by atoms with E-state index in [-0.39, 0.29) is 12.5 Å². The second kappa shape index (κ2) is 8.25. The van der Waals surface area contributed by atoms with E-state index in [9.17, 15) is 9.90 Å². The Kier molecular flexibility index (Phi) is 6.01. The number of nitrogens with zero attached hydrogens (tertiary/aromatic N) is 1. The van der Waals surface area contributed by atoms with Gasteiger partial charge < -0.3 is 15.2 Å². The first-order chi connectivity index (χ1) is 12.5. The number of pyridine rings is 1. The lowest BCUT2D eigenvalue weighted by Gasteiger charge is -2.32. The number of rotatable bonds is 5. The van der Waals surface area contributed by atoms with Gasteiger partial charge in [-0.3, -0.25) is 4.79 Å². The zero-order valence-electron chi connectivity index (χ0n) is 14.2. The third-order valence-electron chi connectivity index (χ3n) is 4.48. The summed E-state index contributed by atoms with van der Waals surface area (Å²) in [5.41, 5.74) is -0.536. The van der Waals surface area contributed by atoms with Crippen LogP contribution in [0.15, 0.2) is 36.5 Å². The van der Waals surface area contributed by atoms with Crippen LogP contribution >= 0.6 is 23.2 Å². The number of ether oxygens (including phenoxy) is 1. The first-order valence-electron chi connectivity index (χ1n) is 8.55. The standard InChI is InChI=1S/C19H20Cl2N2O3/c20-16-5-4-13(26-14-6-9-22-17(21)11-14)10-15(16)18(24)23-12-19(25)7-2-1-3-8-19/h4-6,9-11,25H,1-3,7-8,12H2,(H,23,24). The van der Waals surface area contributed by atoms with Gasteiger partial charge in [0.1, 0.15) is 16.7 Å². The summed E-state index contributed by atoms with van der Waals surface area (Å²) in [5, 5.41) is 13.9. The quantitative estimate of drug-likeness (QED) is 0.726. The molecule has 1 amide bonds. The Labute approximate surface area is 162 Å². The average Bonchev–Trinajstić information content (AvgIpc) is 2.62. The molecule has 0 saturated heterocycles. The molecule has 3 rings (SSSR count). The molecule has 2 N–H and O–H groups in total. The fourth-order valence-corrected chi connectivity index (χ4v) is 3.42. The van der Waals surface area contributed by atoms with Gasteiger partial charge in [0.05, 0.1) is 16.2 Å². The number of nitrogens with one attached hydrogen (secondary N) is 1. The van der Waals surface area contributed by atoms with E-state index in [1.807, 2.05) is 0 Å². The molecule has 0 atom stereocenters. The highest BCUT2D eigenvalue weighted by molar-refractivity contribution is 6.33. The lowest BCUT2D eigenvalue weighted by atomic mass is 9.85. The van der Waals surface area contributed by atoms with E-state index in [4.69, 9.17) is 27.9 Å². The maximum Gasteiger partial charge on any atom is 0.253 e. The van der Waals surface area contributed by atoms with Crippen LogP contribution in [0.3, 0.4) is 0 Å². The van der Waals surface area contributed by atoms with Gasteiger partial charge in [-0.25, -0.2) is 4.98 Å². The van der Waals surface area contributed by atoms with Crippen molar-refractivity contribution in [3.8, 4) is 11.5 Å². The van der Waals surface area contributed by atoms with E-state index in [1.54, 1.807) is 30.3 Å². The van der Waals surface area contributed by atoms with Crippen molar-refractivity contribution >= 4 is 29.1 Å². The molecule has 1 aliphatic rings. The summed E-state index contributed by atoms with van der Waals surface area (Å²) in [7, 11) is 0. The van der Waals surface area contributed by atoms with Gasteiger partial charge in [0.15, 0.2) is 0 Å². The highest BCUT2D eigenvalue weighted by atomic mass is 35.5. The van der Waals surface area contributed by atoms with Crippen LogP contribution in [0.4, 0.5) is 0 Å².